The lowest BCUT2D eigenvalue weighted by Crippen LogP contribution is -2.34. The normalized spacial score (nSPS) is 17.3. The van der Waals surface area contributed by atoms with E-state index in [0.717, 1.165) is 28.4 Å². The van der Waals surface area contributed by atoms with Crippen molar-refractivity contribution in [3.8, 4) is 22.3 Å². The van der Waals surface area contributed by atoms with Gasteiger partial charge in [-0.2, -0.15) is 0 Å². The van der Waals surface area contributed by atoms with Crippen LogP contribution in [0, 0.1) is 11.8 Å². The fraction of sp³-hybridized carbons (Fsp3) is 0.0357. The number of hydrogen-bond donors (Lipinski definition) is 0. The van der Waals surface area contributed by atoms with E-state index in [-0.39, 0.29) is 0 Å². The maximum atomic E-state index is 2.44. The van der Waals surface area contributed by atoms with Crippen LogP contribution in [-0.4, -0.2) is 0 Å². The predicted molar refractivity (Wildman–Crippen MR) is 244 cm³/mol. The Balaban J connectivity index is 0.952. The zero-order valence-electron chi connectivity index (χ0n) is 32.0. The van der Waals surface area contributed by atoms with Crippen LogP contribution in [0.25, 0.3) is 33.0 Å². The molecule has 0 saturated heterocycles. The highest BCUT2D eigenvalue weighted by molar-refractivity contribution is 5.99. The van der Waals surface area contributed by atoms with E-state index < -0.39 is 0 Å². The zero-order valence-corrected chi connectivity index (χ0v) is 32.0. The molecule has 58 heavy (non-hydrogen) atoms. The van der Waals surface area contributed by atoms with Gasteiger partial charge < -0.3 is 9.80 Å². The summed E-state index contributed by atoms with van der Waals surface area (Å²) in [6, 6.07) is 63.6. The van der Waals surface area contributed by atoms with Gasteiger partial charge in [0.05, 0.1) is 11.4 Å². The van der Waals surface area contributed by atoms with Crippen molar-refractivity contribution in [2.75, 3.05) is 9.80 Å². The van der Waals surface area contributed by atoms with E-state index in [1.165, 1.54) is 61.0 Å². The lowest BCUT2D eigenvalue weighted by Gasteiger charge is -2.44. The first-order chi connectivity index (χ1) is 28.8. The standard InChI is InChI=1S/C56H40N2/c1-3-12-39(13-4-1)40-26-32-48(33-27-40)57(53-23-11-15-43-14-7-8-21-51(43)53)49-34-28-41(29-35-49)42-30-36-50(37-31-42)58(47-19-5-2-6-20-47)54-38-46-18-9-16-44-24-25-45-17-10-22-52(54)56(45)55(44)46/h1-38,55-56H. The Hall–Kier alpha value is -7.42. The zero-order chi connectivity index (χ0) is 38.4. The van der Waals surface area contributed by atoms with Gasteiger partial charge in [0.25, 0.3) is 0 Å². The minimum atomic E-state index is 0.306. The van der Waals surface area contributed by atoms with Gasteiger partial charge in [-0.05, 0) is 111 Å². The van der Waals surface area contributed by atoms with Crippen molar-refractivity contribution >= 4 is 39.2 Å². The van der Waals surface area contributed by atoms with Crippen molar-refractivity contribution in [2.24, 2.45) is 11.8 Å². The van der Waals surface area contributed by atoms with Crippen molar-refractivity contribution in [1.29, 1.82) is 0 Å². The molecule has 7 aromatic carbocycles. The first-order valence-corrected chi connectivity index (χ1v) is 20.2. The molecule has 0 N–H and O–H groups in total. The molecule has 2 atom stereocenters. The van der Waals surface area contributed by atoms with Crippen LogP contribution in [0.5, 0.6) is 0 Å². The first-order valence-electron chi connectivity index (χ1n) is 20.2. The number of allylic oxidation sites excluding steroid dienone is 13. The van der Waals surface area contributed by atoms with Crippen molar-refractivity contribution in [3.05, 3.63) is 259 Å². The monoisotopic (exact) mass is 740 g/mol. The molecule has 0 radical (unpaired) electrons. The second kappa shape index (κ2) is 14.3. The highest BCUT2D eigenvalue weighted by Crippen LogP contribution is 2.52. The second-order valence-corrected chi connectivity index (χ2v) is 15.3. The van der Waals surface area contributed by atoms with Gasteiger partial charge in [0.2, 0.25) is 0 Å². The Morgan fingerprint density at radius 1 is 0.345 bits per heavy atom. The average molecular weight is 741 g/mol. The molecule has 0 saturated carbocycles. The fourth-order valence-corrected chi connectivity index (χ4v) is 9.28. The number of hydrogen-bond acceptors (Lipinski definition) is 2. The summed E-state index contributed by atoms with van der Waals surface area (Å²) in [6.45, 7) is 0. The largest absolute Gasteiger partial charge is 0.310 e. The minimum Gasteiger partial charge on any atom is -0.310 e. The van der Waals surface area contributed by atoms with Crippen molar-refractivity contribution in [2.45, 2.75) is 0 Å². The molecule has 11 rings (SSSR count). The molecule has 2 nitrogen and oxygen atoms in total. The molecule has 4 aliphatic rings. The summed E-state index contributed by atoms with van der Waals surface area (Å²) in [6.07, 6.45) is 20.7. The molecular formula is C56H40N2. The van der Waals surface area contributed by atoms with Crippen molar-refractivity contribution in [1.82, 2.24) is 0 Å². The minimum absolute atomic E-state index is 0.306. The highest BCUT2D eigenvalue weighted by atomic mass is 15.2. The van der Waals surface area contributed by atoms with Gasteiger partial charge in [0.1, 0.15) is 0 Å². The summed E-state index contributed by atoms with van der Waals surface area (Å²) in [7, 11) is 0. The third-order valence-electron chi connectivity index (χ3n) is 12.0. The molecule has 0 aromatic heterocycles. The lowest BCUT2D eigenvalue weighted by molar-refractivity contribution is 0.553. The number of para-hydroxylation sites is 1. The Morgan fingerprint density at radius 3 is 1.50 bits per heavy atom. The molecule has 0 bridgehead atoms. The van der Waals surface area contributed by atoms with Crippen LogP contribution >= 0.6 is 0 Å². The Labute approximate surface area is 340 Å². The molecule has 274 valence electrons. The summed E-state index contributed by atoms with van der Waals surface area (Å²) >= 11 is 0. The highest BCUT2D eigenvalue weighted by Gasteiger charge is 2.41. The first kappa shape index (κ1) is 33.9. The molecule has 4 aliphatic carbocycles. The number of benzene rings is 7. The molecule has 7 aromatic rings. The molecule has 2 unspecified atom stereocenters. The van der Waals surface area contributed by atoms with E-state index >= 15 is 0 Å². The smallest absolute Gasteiger partial charge is 0.0540 e. The Kier molecular flexibility index (Phi) is 8.33. The summed E-state index contributed by atoms with van der Waals surface area (Å²) in [4.78, 5) is 4.82. The number of fused-ring (bicyclic) bond motifs is 1. The molecule has 0 fully saturated rings. The van der Waals surface area contributed by atoms with Crippen LogP contribution < -0.4 is 9.80 Å². The third-order valence-corrected chi connectivity index (χ3v) is 12.0. The van der Waals surface area contributed by atoms with Gasteiger partial charge in [-0.25, -0.2) is 0 Å². The van der Waals surface area contributed by atoms with E-state index in [4.69, 9.17) is 0 Å². The summed E-state index contributed by atoms with van der Waals surface area (Å²) in [5.41, 5.74) is 17.2. The Bertz CT molecular complexity index is 2900. The molecule has 0 aliphatic heterocycles. The van der Waals surface area contributed by atoms with E-state index in [1.54, 1.807) is 0 Å². The Morgan fingerprint density at radius 2 is 0.845 bits per heavy atom. The maximum absolute atomic E-state index is 2.44. The molecule has 2 heteroatoms. The van der Waals surface area contributed by atoms with Crippen molar-refractivity contribution < 1.29 is 0 Å². The number of anilines is 5. The van der Waals surface area contributed by atoms with Crippen LogP contribution in [0.1, 0.15) is 0 Å². The molecule has 0 amide bonds. The van der Waals surface area contributed by atoms with E-state index in [1.807, 2.05) is 0 Å². The average Bonchev–Trinajstić information content (AvgIpc) is 3.30. The predicted octanol–water partition coefficient (Wildman–Crippen LogP) is 14.8. The summed E-state index contributed by atoms with van der Waals surface area (Å²) in [5.74, 6) is 0.665. The van der Waals surface area contributed by atoms with Crippen LogP contribution in [0.2, 0.25) is 0 Å². The van der Waals surface area contributed by atoms with Gasteiger partial charge >= 0.3 is 0 Å². The number of nitrogens with zero attached hydrogens (tertiary/aromatic N) is 2. The van der Waals surface area contributed by atoms with Crippen LogP contribution in [0.15, 0.2) is 259 Å². The van der Waals surface area contributed by atoms with Gasteiger partial charge in [0, 0.05) is 40.0 Å². The van der Waals surface area contributed by atoms with E-state index in [0.29, 0.717) is 11.8 Å². The van der Waals surface area contributed by atoms with Crippen LogP contribution in [0.4, 0.5) is 28.4 Å². The third kappa shape index (κ3) is 5.90. The molecule has 0 heterocycles. The van der Waals surface area contributed by atoms with Gasteiger partial charge in [-0.3, -0.25) is 0 Å². The maximum Gasteiger partial charge on any atom is 0.0540 e. The molecule has 0 spiro atoms. The number of rotatable bonds is 8. The van der Waals surface area contributed by atoms with E-state index in [2.05, 4.69) is 240 Å². The molecular weight excluding hydrogens is 701 g/mol. The van der Waals surface area contributed by atoms with Crippen molar-refractivity contribution in [3.63, 3.8) is 0 Å². The second-order valence-electron chi connectivity index (χ2n) is 15.3. The summed E-state index contributed by atoms with van der Waals surface area (Å²) < 4.78 is 0. The fourth-order valence-electron chi connectivity index (χ4n) is 9.28. The van der Waals surface area contributed by atoms with Gasteiger partial charge in [-0.1, -0.05) is 170 Å². The topological polar surface area (TPSA) is 6.48 Å². The SMILES string of the molecule is C1=CC2=CC=C3C=CC=C4C(N(c5ccccc5)c5ccc(-c6ccc(N(c7ccc(-c8ccccc8)cc7)c7cccc8ccccc78)cc6)cc5)=CC(=C1)C2C34. The quantitative estimate of drug-likeness (QED) is 0.153. The van der Waals surface area contributed by atoms with Gasteiger partial charge in [0.15, 0.2) is 0 Å². The van der Waals surface area contributed by atoms with Crippen LogP contribution in [-0.2, 0) is 0 Å². The van der Waals surface area contributed by atoms with E-state index in [9.17, 15) is 0 Å². The lowest BCUT2D eigenvalue weighted by atomic mass is 9.63. The van der Waals surface area contributed by atoms with Gasteiger partial charge in [-0.15, -0.1) is 0 Å². The summed E-state index contributed by atoms with van der Waals surface area (Å²) in [5, 5.41) is 2.43. The van der Waals surface area contributed by atoms with Crippen LogP contribution in [0.3, 0.4) is 0 Å².